The van der Waals surface area contributed by atoms with E-state index in [2.05, 4.69) is 0 Å². The second-order valence-corrected chi connectivity index (χ2v) is 8.33. The highest BCUT2D eigenvalue weighted by molar-refractivity contribution is 5.82. The van der Waals surface area contributed by atoms with Gasteiger partial charge in [-0.25, -0.2) is 4.79 Å². The highest BCUT2D eigenvalue weighted by Gasteiger charge is 2.35. The standard InChI is InChI=1S/C18H35N3O3/c1-12(2)15(19)16(22)21(13(3)4)14-9-8-10-20(11-14)17(23)24-18(5,6)7/h12-15H,8-11,19H2,1-7H3. The van der Waals surface area contributed by atoms with Crippen molar-refractivity contribution in [3.63, 3.8) is 0 Å². The van der Waals surface area contributed by atoms with Crippen LogP contribution in [0.2, 0.25) is 0 Å². The number of carbonyl (C=O) groups is 2. The van der Waals surface area contributed by atoms with Crippen molar-refractivity contribution in [2.45, 2.75) is 85.0 Å². The lowest BCUT2D eigenvalue weighted by Crippen LogP contribution is -2.58. The number of rotatable bonds is 4. The Kier molecular flexibility index (Phi) is 7.08. The molecule has 2 unspecified atom stereocenters. The molecule has 0 radical (unpaired) electrons. The first kappa shape index (κ1) is 20.7. The summed E-state index contributed by atoms with van der Waals surface area (Å²) >= 11 is 0. The second-order valence-electron chi connectivity index (χ2n) is 8.33. The summed E-state index contributed by atoms with van der Waals surface area (Å²) in [7, 11) is 0. The summed E-state index contributed by atoms with van der Waals surface area (Å²) in [6, 6.07) is -0.473. The van der Waals surface area contributed by atoms with Crippen LogP contribution in [0.15, 0.2) is 0 Å². The minimum atomic E-state index is -0.516. The van der Waals surface area contributed by atoms with Crippen molar-refractivity contribution in [1.82, 2.24) is 9.80 Å². The maximum absolute atomic E-state index is 12.8. The Morgan fingerprint density at radius 1 is 1.21 bits per heavy atom. The number of piperidine rings is 1. The Hall–Kier alpha value is -1.30. The Bertz CT molecular complexity index is 443. The maximum atomic E-state index is 12.8. The summed E-state index contributed by atoms with van der Waals surface area (Å²) < 4.78 is 5.47. The van der Waals surface area contributed by atoms with Crippen molar-refractivity contribution in [1.29, 1.82) is 0 Å². The zero-order chi connectivity index (χ0) is 18.7. The topological polar surface area (TPSA) is 75.9 Å². The highest BCUT2D eigenvalue weighted by Crippen LogP contribution is 2.22. The van der Waals surface area contributed by atoms with Gasteiger partial charge in [0.05, 0.1) is 6.04 Å². The first-order valence-electron chi connectivity index (χ1n) is 8.99. The van der Waals surface area contributed by atoms with Crippen LogP contribution in [0.5, 0.6) is 0 Å². The average Bonchev–Trinajstić information content (AvgIpc) is 2.44. The van der Waals surface area contributed by atoms with Crippen LogP contribution in [-0.2, 0) is 9.53 Å². The van der Waals surface area contributed by atoms with Crippen LogP contribution < -0.4 is 5.73 Å². The number of nitrogens with zero attached hydrogens (tertiary/aromatic N) is 2. The molecule has 140 valence electrons. The van der Waals surface area contributed by atoms with Gasteiger partial charge in [-0.3, -0.25) is 4.79 Å². The SMILES string of the molecule is CC(C)C(N)C(=O)N(C(C)C)C1CCCN(C(=O)OC(C)(C)C)C1. The van der Waals surface area contributed by atoms with Gasteiger partial charge in [-0.05, 0) is 53.4 Å². The third-order valence-electron chi connectivity index (χ3n) is 4.26. The van der Waals surface area contributed by atoms with E-state index in [1.807, 2.05) is 53.4 Å². The van der Waals surface area contributed by atoms with Crippen LogP contribution in [0.3, 0.4) is 0 Å². The van der Waals surface area contributed by atoms with Crippen molar-refractivity contribution in [3.05, 3.63) is 0 Å². The Morgan fingerprint density at radius 2 is 1.79 bits per heavy atom. The number of hydrogen-bond acceptors (Lipinski definition) is 4. The van der Waals surface area contributed by atoms with Crippen LogP contribution in [0.1, 0.15) is 61.3 Å². The van der Waals surface area contributed by atoms with Gasteiger partial charge in [-0.15, -0.1) is 0 Å². The Labute approximate surface area is 146 Å². The van der Waals surface area contributed by atoms with Crippen LogP contribution in [0, 0.1) is 5.92 Å². The molecule has 24 heavy (non-hydrogen) atoms. The third-order valence-corrected chi connectivity index (χ3v) is 4.26. The smallest absolute Gasteiger partial charge is 0.410 e. The van der Waals surface area contributed by atoms with E-state index in [1.165, 1.54) is 0 Å². The van der Waals surface area contributed by atoms with E-state index < -0.39 is 11.6 Å². The van der Waals surface area contributed by atoms with Crippen LogP contribution >= 0.6 is 0 Å². The highest BCUT2D eigenvalue weighted by atomic mass is 16.6. The third kappa shape index (κ3) is 5.65. The fourth-order valence-electron chi connectivity index (χ4n) is 2.99. The molecule has 0 bridgehead atoms. The first-order valence-corrected chi connectivity index (χ1v) is 8.99. The monoisotopic (exact) mass is 341 g/mol. The van der Waals surface area contributed by atoms with Crippen molar-refractivity contribution in [2.24, 2.45) is 11.7 Å². The Balaban J connectivity index is 2.85. The van der Waals surface area contributed by atoms with Gasteiger partial charge in [-0.1, -0.05) is 13.8 Å². The molecule has 1 saturated heterocycles. The fraction of sp³-hybridized carbons (Fsp3) is 0.889. The van der Waals surface area contributed by atoms with E-state index in [0.717, 1.165) is 12.8 Å². The normalized spacial score (nSPS) is 20.2. The van der Waals surface area contributed by atoms with E-state index in [1.54, 1.807) is 4.90 Å². The van der Waals surface area contributed by atoms with Crippen LogP contribution in [-0.4, -0.2) is 58.6 Å². The zero-order valence-corrected chi connectivity index (χ0v) is 16.3. The summed E-state index contributed by atoms with van der Waals surface area (Å²) in [6.07, 6.45) is 1.43. The van der Waals surface area contributed by atoms with Crippen molar-refractivity contribution < 1.29 is 14.3 Å². The molecule has 6 nitrogen and oxygen atoms in total. The summed E-state index contributed by atoms with van der Waals surface area (Å²) in [5.74, 6) is 0.0559. The lowest BCUT2D eigenvalue weighted by Gasteiger charge is -2.42. The van der Waals surface area contributed by atoms with E-state index in [0.29, 0.717) is 13.1 Å². The molecule has 1 fully saturated rings. The number of carbonyl (C=O) groups excluding carboxylic acids is 2. The van der Waals surface area contributed by atoms with Gasteiger partial charge in [0.15, 0.2) is 0 Å². The molecule has 2 amide bonds. The molecule has 0 aliphatic carbocycles. The van der Waals surface area contributed by atoms with Gasteiger partial charge in [0.2, 0.25) is 5.91 Å². The van der Waals surface area contributed by atoms with Crippen molar-refractivity contribution in [2.75, 3.05) is 13.1 Å². The van der Waals surface area contributed by atoms with E-state index in [4.69, 9.17) is 10.5 Å². The predicted molar refractivity (Wildman–Crippen MR) is 95.6 cm³/mol. The summed E-state index contributed by atoms with van der Waals surface area (Å²) in [5, 5.41) is 0. The van der Waals surface area contributed by atoms with E-state index in [-0.39, 0.29) is 30.0 Å². The summed E-state index contributed by atoms with van der Waals surface area (Å²) in [6.45, 7) is 14.7. The number of hydrogen-bond donors (Lipinski definition) is 1. The van der Waals surface area contributed by atoms with Gasteiger partial charge in [0, 0.05) is 25.2 Å². The molecule has 2 N–H and O–H groups in total. The van der Waals surface area contributed by atoms with Gasteiger partial charge < -0.3 is 20.3 Å². The molecular formula is C18H35N3O3. The van der Waals surface area contributed by atoms with E-state index in [9.17, 15) is 9.59 Å². The van der Waals surface area contributed by atoms with Gasteiger partial charge in [0.25, 0.3) is 0 Å². The quantitative estimate of drug-likeness (QED) is 0.853. The lowest BCUT2D eigenvalue weighted by atomic mass is 9.98. The van der Waals surface area contributed by atoms with Crippen molar-refractivity contribution in [3.8, 4) is 0 Å². The minimum Gasteiger partial charge on any atom is -0.444 e. The average molecular weight is 341 g/mol. The molecular weight excluding hydrogens is 306 g/mol. The second kappa shape index (κ2) is 8.19. The molecule has 0 saturated carbocycles. The molecule has 1 aliphatic heterocycles. The summed E-state index contributed by atoms with van der Waals surface area (Å²) in [5.41, 5.74) is 5.57. The molecule has 1 heterocycles. The van der Waals surface area contributed by atoms with Gasteiger partial charge in [-0.2, -0.15) is 0 Å². The molecule has 0 aromatic carbocycles. The number of ether oxygens (including phenoxy) is 1. The maximum Gasteiger partial charge on any atom is 0.410 e. The lowest BCUT2D eigenvalue weighted by molar-refractivity contribution is -0.139. The molecule has 6 heteroatoms. The van der Waals surface area contributed by atoms with Crippen LogP contribution in [0.4, 0.5) is 4.79 Å². The number of likely N-dealkylation sites (tertiary alicyclic amines) is 1. The molecule has 0 aromatic rings. The first-order chi connectivity index (χ1) is 10.9. The van der Waals surface area contributed by atoms with Crippen molar-refractivity contribution >= 4 is 12.0 Å². The largest absolute Gasteiger partial charge is 0.444 e. The molecule has 0 spiro atoms. The van der Waals surface area contributed by atoms with Crippen LogP contribution in [0.25, 0.3) is 0 Å². The van der Waals surface area contributed by atoms with Gasteiger partial charge >= 0.3 is 6.09 Å². The number of amides is 2. The Morgan fingerprint density at radius 3 is 2.25 bits per heavy atom. The predicted octanol–water partition coefficient (Wildman–Crippen LogP) is 2.61. The molecule has 0 aromatic heterocycles. The fourth-order valence-corrected chi connectivity index (χ4v) is 2.99. The van der Waals surface area contributed by atoms with Gasteiger partial charge in [0.1, 0.15) is 5.60 Å². The van der Waals surface area contributed by atoms with E-state index >= 15 is 0 Å². The number of nitrogens with two attached hydrogens (primary N) is 1. The molecule has 1 aliphatic rings. The zero-order valence-electron chi connectivity index (χ0n) is 16.3. The minimum absolute atomic E-state index is 0.0106. The molecule has 1 rings (SSSR count). The molecule has 2 atom stereocenters. The summed E-state index contributed by atoms with van der Waals surface area (Å²) in [4.78, 5) is 28.7.